The molecule has 1 N–H and O–H groups in total. The van der Waals surface area contributed by atoms with Crippen molar-refractivity contribution in [1.29, 1.82) is 0 Å². The van der Waals surface area contributed by atoms with Crippen LogP contribution in [0.1, 0.15) is 5.69 Å². The molecule has 1 rings (SSSR count). The highest BCUT2D eigenvalue weighted by Crippen LogP contribution is 2.25. The minimum absolute atomic E-state index is 0.0744. The van der Waals surface area contributed by atoms with Crippen molar-refractivity contribution in [1.82, 2.24) is 9.55 Å². The average molecular weight is 212 g/mol. The number of aliphatic hydroxyl groups excluding tert-OH is 1. The SMILES string of the molecule is OCc1cncn1CC(F)(F)C(F)F. The molecular weight excluding hydrogens is 204 g/mol. The number of aromatic nitrogens is 2. The third-order valence-electron chi connectivity index (χ3n) is 1.66. The fraction of sp³-hybridized carbons (Fsp3) is 0.571. The highest BCUT2D eigenvalue weighted by atomic mass is 19.3. The summed E-state index contributed by atoms with van der Waals surface area (Å²) in [5, 5.41) is 8.65. The minimum Gasteiger partial charge on any atom is -0.390 e. The first-order valence-corrected chi connectivity index (χ1v) is 3.73. The second kappa shape index (κ2) is 3.95. The fourth-order valence-electron chi connectivity index (χ4n) is 0.918. The van der Waals surface area contributed by atoms with Crippen molar-refractivity contribution in [3.05, 3.63) is 18.2 Å². The van der Waals surface area contributed by atoms with Crippen LogP contribution in [0.5, 0.6) is 0 Å². The zero-order valence-electron chi connectivity index (χ0n) is 7.00. The minimum atomic E-state index is -4.11. The predicted octanol–water partition coefficient (Wildman–Crippen LogP) is 1.28. The van der Waals surface area contributed by atoms with E-state index in [1.54, 1.807) is 0 Å². The third-order valence-corrected chi connectivity index (χ3v) is 1.66. The third kappa shape index (κ3) is 2.22. The second-order valence-electron chi connectivity index (χ2n) is 2.73. The van der Waals surface area contributed by atoms with Gasteiger partial charge in [0.1, 0.15) is 0 Å². The van der Waals surface area contributed by atoms with Crippen LogP contribution in [0.25, 0.3) is 0 Å². The van der Waals surface area contributed by atoms with Crippen molar-refractivity contribution in [3.8, 4) is 0 Å². The Labute approximate surface area is 77.0 Å². The van der Waals surface area contributed by atoms with Crippen molar-refractivity contribution < 1.29 is 22.7 Å². The first-order valence-electron chi connectivity index (χ1n) is 3.73. The first-order chi connectivity index (χ1) is 6.47. The molecule has 3 nitrogen and oxygen atoms in total. The Bertz CT molecular complexity index is 300. The molecule has 0 spiro atoms. The van der Waals surface area contributed by atoms with E-state index >= 15 is 0 Å². The number of imidazole rings is 1. The van der Waals surface area contributed by atoms with Crippen LogP contribution in [-0.2, 0) is 13.2 Å². The number of rotatable bonds is 4. The molecule has 0 unspecified atom stereocenters. The van der Waals surface area contributed by atoms with E-state index < -0.39 is 25.5 Å². The van der Waals surface area contributed by atoms with Crippen LogP contribution < -0.4 is 0 Å². The molecular formula is C7H8F4N2O. The van der Waals surface area contributed by atoms with Crippen LogP contribution in [0.15, 0.2) is 12.5 Å². The van der Waals surface area contributed by atoms with Gasteiger partial charge in [0.15, 0.2) is 0 Å². The lowest BCUT2D eigenvalue weighted by atomic mass is 10.3. The Morgan fingerprint density at radius 3 is 2.64 bits per heavy atom. The molecule has 0 atom stereocenters. The first kappa shape index (κ1) is 11.0. The maximum absolute atomic E-state index is 12.5. The van der Waals surface area contributed by atoms with Gasteiger partial charge < -0.3 is 9.67 Å². The van der Waals surface area contributed by atoms with Crippen molar-refractivity contribution in [3.63, 3.8) is 0 Å². The fourth-order valence-corrected chi connectivity index (χ4v) is 0.918. The molecule has 7 heteroatoms. The smallest absolute Gasteiger partial charge is 0.324 e. The summed E-state index contributed by atoms with van der Waals surface area (Å²) in [6.07, 6.45) is -1.61. The average Bonchev–Trinajstić information content (AvgIpc) is 2.50. The molecule has 0 saturated carbocycles. The molecule has 0 aromatic carbocycles. The molecule has 0 aliphatic heterocycles. The topological polar surface area (TPSA) is 38.1 Å². The Balaban J connectivity index is 2.78. The molecule has 1 aromatic heterocycles. The summed E-state index contributed by atoms with van der Waals surface area (Å²) in [6, 6.07) is 0. The predicted molar refractivity (Wildman–Crippen MR) is 39.1 cm³/mol. The van der Waals surface area contributed by atoms with Gasteiger partial charge in [-0.3, -0.25) is 0 Å². The Morgan fingerprint density at radius 2 is 2.14 bits per heavy atom. The molecule has 80 valence electrons. The van der Waals surface area contributed by atoms with Crippen LogP contribution in [-0.4, -0.2) is 27.0 Å². The van der Waals surface area contributed by atoms with Gasteiger partial charge in [-0.1, -0.05) is 0 Å². The molecule has 14 heavy (non-hydrogen) atoms. The van der Waals surface area contributed by atoms with Crippen molar-refractivity contribution in [2.45, 2.75) is 25.5 Å². The largest absolute Gasteiger partial charge is 0.390 e. The van der Waals surface area contributed by atoms with Gasteiger partial charge in [0.2, 0.25) is 0 Å². The highest BCUT2D eigenvalue weighted by Gasteiger charge is 2.41. The molecule has 0 fully saturated rings. The van der Waals surface area contributed by atoms with Crippen LogP contribution in [0.4, 0.5) is 17.6 Å². The summed E-state index contributed by atoms with van der Waals surface area (Å²) in [5.41, 5.74) is 0.0744. The molecule has 0 bridgehead atoms. The second-order valence-corrected chi connectivity index (χ2v) is 2.73. The van der Waals surface area contributed by atoms with Gasteiger partial charge in [-0.15, -0.1) is 0 Å². The monoisotopic (exact) mass is 212 g/mol. The quantitative estimate of drug-likeness (QED) is 0.763. The Kier molecular flexibility index (Phi) is 3.10. The molecule has 1 aromatic rings. The van der Waals surface area contributed by atoms with Crippen molar-refractivity contribution >= 4 is 0 Å². The summed E-state index contributed by atoms with van der Waals surface area (Å²) in [5.74, 6) is -4.11. The summed E-state index contributed by atoms with van der Waals surface area (Å²) in [7, 11) is 0. The van der Waals surface area contributed by atoms with Crippen LogP contribution in [0.2, 0.25) is 0 Å². The van der Waals surface area contributed by atoms with Gasteiger partial charge in [-0.25, -0.2) is 13.8 Å². The van der Waals surface area contributed by atoms with Crippen molar-refractivity contribution in [2.75, 3.05) is 0 Å². The van der Waals surface area contributed by atoms with E-state index in [0.29, 0.717) is 0 Å². The lowest BCUT2D eigenvalue weighted by Crippen LogP contribution is -2.32. The van der Waals surface area contributed by atoms with Gasteiger partial charge in [0, 0.05) is 0 Å². The Morgan fingerprint density at radius 1 is 1.50 bits per heavy atom. The lowest BCUT2D eigenvalue weighted by Gasteiger charge is -2.16. The van der Waals surface area contributed by atoms with Crippen molar-refractivity contribution in [2.24, 2.45) is 0 Å². The Hall–Kier alpha value is -1.11. The van der Waals surface area contributed by atoms with E-state index in [0.717, 1.165) is 17.1 Å². The van der Waals surface area contributed by atoms with Crippen LogP contribution in [0, 0.1) is 0 Å². The zero-order valence-corrected chi connectivity index (χ0v) is 7.00. The van der Waals surface area contributed by atoms with E-state index in [9.17, 15) is 17.6 Å². The summed E-state index contributed by atoms with van der Waals surface area (Å²) in [6.45, 7) is -1.69. The van der Waals surface area contributed by atoms with Gasteiger partial charge in [0.05, 0.1) is 31.4 Å². The number of aliphatic hydroxyl groups is 1. The molecule has 0 radical (unpaired) electrons. The maximum atomic E-state index is 12.5. The molecule has 0 aliphatic carbocycles. The summed E-state index contributed by atoms with van der Waals surface area (Å²) < 4.78 is 49.5. The number of nitrogens with zero attached hydrogens (tertiary/aromatic N) is 2. The van der Waals surface area contributed by atoms with E-state index in [2.05, 4.69) is 4.98 Å². The lowest BCUT2D eigenvalue weighted by molar-refractivity contribution is -0.138. The summed E-state index contributed by atoms with van der Waals surface area (Å²) >= 11 is 0. The van der Waals surface area contributed by atoms with Gasteiger partial charge in [-0.05, 0) is 0 Å². The molecule has 1 heterocycles. The van der Waals surface area contributed by atoms with E-state index in [1.807, 2.05) is 0 Å². The molecule has 0 saturated heterocycles. The van der Waals surface area contributed by atoms with Crippen LogP contribution >= 0.6 is 0 Å². The summed E-state index contributed by atoms with van der Waals surface area (Å²) in [4.78, 5) is 3.46. The molecule has 0 aliphatic rings. The highest BCUT2D eigenvalue weighted by molar-refractivity contribution is 4.97. The van der Waals surface area contributed by atoms with Gasteiger partial charge in [-0.2, -0.15) is 8.78 Å². The maximum Gasteiger partial charge on any atom is 0.324 e. The number of hydrogen-bond donors (Lipinski definition) is 1. The molecule has 0 amide bonds. The van der Waals surface area contributed by atoms with Gasteiger partial charge >= 0.3 is 12.3 Å². The van der Waals surface area contributed by atoms with Gasteiger partial charge in [0.25, 0.3) is 0 Å². The van der Waals surface area contributed by atoms with E-state index in [-0.39, 0.29) is 5.69 Å². The number of alkyl halides is 4. The van der Waals surface area contributed by atoms with E-state index in [4.69, 9.17) is 5.11 Å². The van der Waals surface area contributed by atoms with Crippen LogP contribution in [0.3, 0.4) is 0 Å². The zero-order chi connectivity index (χ0) is 10.8. The number of hydrogen-bond acceptors (Lipinski definition) is 2. The number of halogens is 4. The van der Waals surface area contributed by atoms with E-state index in [1.165, 1.54) is 0 Å². The normalized spacial score (nSPS) is 12.4. The standard InChI is InChI=1S/C7H8F4N2O/c8-6(9)7(10,11)3-13-4-12-1-5(13)2-14/h1,4,6,14H,2-3H2.